The molecule has 6 nitrogen and oxygen atoms in total. The van der Waals surface area contributed by atoms with Crippen LogP contribution in [0.4, 0.5) is 5.69 Å². The standard InChI is InChI=1S/C10H9NO4S.Na.H2O.H/c11-9-3-1-2-7-8(9)4-6(5-10(7)12)16(13,14)15;;;/h1-5,12H,11H2,(H,13,14,15);;1H2;. The Bertz CT molecular complexity index is 671. The fraction of sp³-hybridized carbons (Fsp3) is 0. The van der Waals surface area contributed by atoms with Gasteiger partial charge in [-0.15, -0.1) is 0 Å². The summed E-state index contributed by atoms with van der Waals surface area (Å²) in [6.07, 6.45) is 0. The van der Waals surface area contributed by atoms with Gasteiger partial charge in [-0.2, -0.15) is 8.42 Å². The van der Waals surface area contributed by atoms with Gasteiger partial charge in [0.05, 0.1) is 4.90 Å². The van der Waals surface area contributed by atoms with Crippen molar-refractivity contribution in [1.82, 2.24) is 0 Å². The van der Waals surface area contributed by atoms with Gasteiger partial charge >= 0.3 is 29.6 Å². The van der Waals surface area contributed by atoms with Gasteiger partial charge in [-0.25, -0.2) is 0 Å². The van der Waals surface area contributed by atoms with Crippen molar-refractivity contribution in [3.05, 3.63) is 30.3 Å². The Morgan fingerprint density at radius 3 is 2.28 bits per heavy atom. The van der Waals surface area contributed by atoms with Crippen molar-refractivity contribution in [2.45, 2.75) is 4.90 Å². The summed E-state index contributed by atoms with van der Waals surface area (Å²) in [6.45, 7) is 0. The summed E-state index contributed by atoms with van der Waals surface area (Å²) in [6, 6.07) is 7.03. The van der Waals surface area contributed by atoms with Crippen LogP contribution < -0.4 is 5.73 Å². The van der Waals surface area contributed by atoms with Gasteiger partial charge in [0.2, 0.25) is 0 Å². The summed E-state index contributed by atoms with van der Waals surface area (Å²) in [5.41, 5.74) is 5.98. The first-order valence-electron chi connectivity index (χ1n) is 4.38. The fourth-order valence-corrected chi connectivity index (χ4v) is 2.04. The third kappa shape index (κ3) is 3.14. The quantitative estimate of drug-likeness (QED) is 0.381. The van der Waals surface area contributed by atoms with Crippen molar-refractivity contribution >= 4 is 56.1 Å². The molecule has 0 fully saturated rings. The molecule has 0 radical (unpaired) electrons. The number of hydrogen-bond donors (Lipinski definition) is 3. The molecule has 94 valence electrons. The Balaban J connectivity index is 0.00000144. The molecule has 0 saturated heterocycles. The van der Waals surface area contributed by atoms with Gasteiger partial charge in [-0.05, 0) is 12.1 Å². The summed E-state index contributed by atoms with van der Waals surface area (Å²) in [5.74, 6) is -0.238. The van der Waals surface area contributed by atoms with Crippen LogP contribution in [0.25, 0.3) is 10.8 Å². The molecule has 0 aliphatic carbocycles. The number of nitrogens with two attached hydrogens (primary N) is 1. The molecular formula is C10H12NNaO5S. The second-order valence-electron chi connectivity index (χ2n) is 3.36. The SMILES string of the molecule is Nc1cccc2c(O)cc(S(=O)(=O)O)cc12.O.[NaH]. The van der Waals surface area contributed by atoms with E-state index in [0.717, 1.165) is 6.07 Å². The van der Waals surface area contributed by atoms with Gasteiger partial charge < -0.3 is 16.3 Å². The first-order chi connectivity index (χ1) is 7.39. The minimum absolute atomic E-state index is 0. The van der Waals surface area contributed by atoms with Crippen molar-refractivity contribution in [3.8, 4) is 5.75 Å². The van der Waals surface area contributed by atoms with E-state index in [-0.39, 0.29) is 45.7 Å². The van der Waals surface area contributed by atoms with Gasteiger partial charge in [0.25, 0.3) is 10.1 Å². The summed E-state index contributed by atoms with van der Waals surface area (Å²) < 4.78 is 30.8. The number of anilines is 1. The molecule has 6 N–H and O–H groups in total. The molecule has 0 bridgehead atoms. The van der Waals surface area contributed by atoms with Crippen molar-refractivity contribution in [2.24, 2.45) is 0 Å². The monoisotopic (exact) mass is 281 g/mol. The maximum atomic E-state index is 10.9. The molecule has 8 heteroatoms. The number of aromatic hydroxyl groups is 1. The number of phenols is 1. The Hall–Kier alpha value is -0.830. The van der Waals surface area contributed by atoms with E-state index in [1.807, 2.05) is 0 Å². The Morgan fingerprint density at radius 2 is 1.72 bits per heavy atom. The van der Waals surface area contributed by atoms with Crippen LogP contribution in [-0.4, -0.2) is 53.1 Å². The number of nitrogen functional groups attached to an aromatic ring is 1. The van der Waals surface area contributed by atoms with Gasteiger partial charge in [-0.1, -0.05) is 12.1 Å². The molecule has 0 spiro atoms. The van der Waals surface area contributed by atoms with E-state index in [0.29, 0.717) is 16.5 Å². The molecule has 0 aliphatic rings. The van der Waals surface area contributed by atoms with Gasteiger partial charge in [0.1, 0.15) is 5.75 Å². The van der Waals surface area contributed by atoms with E-state index in [9.17, 15) is 13.5 Å². The normalized spacial score (nSPS) is 10.5. The first kappa shape index (κ1) is 17.2. The summed E-state index contributed by atoms with van der Waals surface area (Å²) >= 11 is 0. The average Bonchev–Trinajstić information content (AvgIpc) is 2.18. The average molecular weight is 281 g/mol. The Morgan fingerprint density at radius 1 is 1.11 bits per heavy atom. The van der Waals surface area contributed by atoms with Crippen LogP contribution in [0.15, 0.2) is 35.2 Å². The number of phenolic OH excluding ortho intramolecular Hbond substituents is 1. The molecule has 0 heterocycles. The fourth-order valence-electron chi connectivity index (χ4n) is 1.51. The van der Waals surface area contributed by atoms with E-state index in [1.165, 1.54) is 6.07 Å². The van der Waals surface area contributed by atoms with Gasteiger partial charge in [0, 0.05) is 22.5 Å². The zero-order valence-corrected chi connectivity index (χ0v) is 9.40. The van der Waals surface area contributed by atoms with Gasteiger partial charge in [-0.3, -0.25) is 4.55 Å². The third-order valence-electron chi connectivity index (χ3n) is 2.28. The van der Waals surface area contributed by atoms with Crippen molar-refractivity contribution < 1.29 is 23.6 Å². The predicted octanol–water partition coefficient (Wildman–Crippen LogP) is -0.0989. The van der Waals surface area contributed by atoms with Crippen LogP contribution in [0, 0.1) is 0 Å². The van der Waals surface area contributed by atoms with Crippen molar-refractivity contribution in [3.63, 3.8) is 0 Å². The van der Waals surface area contributed by atoms with Crippen molar-refractivity contribution in [2.75, 3.05) is 5.73 Å². The minimum atomic E-state index is -4.35. The van der Waals surface area contributed by atoms with Crippen LogP contribution in [0.5, 0.6) is 5.75 Å². The molecule has 2 rings (SSSR count). The van der Waals surface area contributed by atoms with E-state index in [4.69, 9.17) is 10.3 Å². The maximum absolute atomic E-state index is 10.9. The van der Waals surface area contributed by atoms with E-state index in [2.05, 4.69) is 0 Å². The molecule has 18 heavy (non-hydrogen) atoms. The molecule has 0 unspecified atom stereocenters. The van der Waals surface area contributed by atoms with E-state index in [1.54, 1.807) is 18.2 Å². The molecule has 0 atom stereocenters. The zero-order chi connectivity index (χ0) is 11.9. The number of hydrogen-bond acceptors (Lipinski definition) is 4. The summed E-state index contributed by atoms with van der Waals surface area (Å²) in [7, 11) is -4.35. The van der Waals surface area contributed by atoms with E-state index >= 15 is 0 Å². The third-order valence-corrected chi connectivity index (χ3v) is 3.11. The molecule has 0 aromatic heterocycles. The number of fused-ring (bicyclic) bond motifs is 1. The summed E-state index contributed by atoms with van der Waals surface area (Å²) in [5, 5.41) is 10.4. The second-order valence-corrected chi connectivity index (χ2v) is 4.78. The first-order valence-corrected chi connectivity index (χ1v) is 5.82. The second kappa shape index (κ2) is 5.87. The molecule has 2 aromatic rings. The molecule has 0 saturated carbocycles. The molecular weight excluding hydrogens is 269 g/mol. The van der Waals surface area contributed by atoms with Crippen LogP contribution in [0.3, 0.4) is 0 Å². The van der Waals surface area contributed by atoms with E-state index < -0.39 is 10.1 Å². The number of rotatable bonds is 1. The van der Waals surface area contributed by atoms with Crippen LogP contribution >= 0.6 is 0 Å². The van der Waals surface area contributed by atoms with Gasteiger partial charge in [0.15, 0.2) is 0 Å². The predicted molar refractivity (Wildman–Crippen MR) is 70.6 cm³/mol. The Kier molecular flexibility index (Phi) is 5.60. The zero-order valence-electron chi connectivity index (χ0n) is 8.58. The molecule has 0 amide bonds. The topological polar surface area (TPSA) is 132 Å². The Labute approximate surface area is 126 Å². The number of benzene rings is 2. The van der Waals surface area contributed by atoms with Crippen LogP contribution in [0.2, 0.25) is 0 Å². The molecule has 2 aromatic carbocycles. The molecule has 0 aliphatic heterocycles. The summed E-state index contributed by atoms with van der Waals surface area (Å²) in [4.78, 5) is -0.379. The van der Waals surface area contributed by atoms with Crippen LogP contribution in [-0.2, 0) is 10.1 Å². The van der Waals surface area contributed by atoms with Crippen LogP contribution in [0.1, 0.15) is 0 Å². The van der Waals surface area contributed by atoms with Crippen molar-refractivity contribution in [1.29, 1.82) is 0 Å².